The molecule has 1 fully saturated rings. The number of halogens is 2. The molecule has 2 aliphatic heterocycles. The third kappa shape index (κ3) is 4.52. The Morgan fingerprint density at radius 2 is 1.74 bits per heavy atom. The summed E-state index contributed by atoms with van der Waals surface area (Å²) in [5.41, 5.74) is 7.87. The highest BCUT2D eigenvalue weighted by molar-refractivity contribution is 6.38. The van der Waals surface area contributed by atoms with Crippen molar-refractivity contribution in [1.82, 2.24) is 9.80 Å². The average molecular weight is 487 g/mol. The molecular formula is C25H28ClFN4O3. The van der Waals surface area contributed by atoms with Gasteiger partial charge in [0.05, 0.1) is 16.5 Å². The molecule has 2 aromatic rings. The topological polar surface area (TPSA) is 86.9 Å². The van der Waals surface area contributed by atoms with Crippen LogP contribution in [0, 0.1) is 5.82 Å². The van der Waals surface area contributed by atoms with Crippen LogP contribution in [-0.4, -0.2) is 66.2 Å². The number of hydrogen-bond donors (Lipinski definition) is 1. The summed E-state index contributed by atoms with van der Waals surface area (Å²) in [6, 6.07) is 9.76. The molecule has 9 heteroatoms. The maximum atomic E-state index is 13.6. The largest absolute Gasteiger partial charge is 0.373 e. The van der Waals surface area contributed by atoms with Gasteiger partial charge >= 0.3 is 0 Å². The van der Waals surface area contributed by atoms with E-state index < -0.39 is 17.6 Å². The third-order valence-electron chi connectivity index (χ3n) is 6.82. The molecule has 7 nitrogen and oxygen atoms in total. The van der Waals surface area contributed by atoms with Gasteiger partial charge in [0, 0.05) is 51.0 Å². The van der Waals surface area contributed by atoms with Gasteiger partial charge in [0.15, 0.2) is 0 Å². The van der Waals surface area contributed by atoms with Gasteiger partial charge in [-0.2, -0.15) is 0 Å². The van der Waals surface area contributed by atoms with Crippen LogP contribution in [0.1, 0.15) is 41.3 Å². The molecule has 1 unspecified atom stereocenters. The number of benzene rings is 2. The molecule has 0 aliphatic carbocycles. The standard InChI is InChI=1S/C25H28ClFN4O3/c1-14-11-31(15(2)10-30(14)12-16-4-6-17(27)7-5-16)25(34)19-8-18-20(23(32)24(28)33)13-29(3)22(18)9-21(19)26/h4-9,14-15,20H,10-13H2,1-3H3,(H2,28,33)/t14-,15+,20?/m0/s1. The molecule has 2 aliphatic rings. The molecule has 1 saturated heterocycles. The second kappa shape index (κ2) is 9.35. The molecule has 3 atom stereocenters. The number of anilines is 1. The quantitative estimate of drug-likeness (QED) is 0.657. The van der Waals surface area contributed by atoms with Crippen LogP contribution in [-0.2, 0) is 16.1 Å². The van der Waals surface area contributed by atoms with E-state index in [0.29, 0.717) is 48.0 Å². The molecule has 2 amide bonds. The van der Waals surface area contributed by atoms with Crippen molar-refractivity contribution in [3.63, 3.8) is 0 Å². The van der Waals surface area contributed by atoms with Gasteiger partial charge in [-0.25, -0.2) is 4.39 Å². The van der Waals surface area contributed by atoms with E-state index >= 15 is 0 Å². The number of likely N-dealkylation sites (N-methyl/N-ethyl adjacent to an activating group) is 1. The summed E-state index contributed by atoms with van der Waals surface area (Å²) in [5.74, 6) is -2.87. The molecule has 0 radical (unpaired) electrons. The fourth-order valence-electron chi connectivity index (χ4n) is 4.90. The van der Waals surface area contributed by atoms with Crippen LogP contribution in [0.3, 0.4) is 0 Å². The van der Waals surface area contributed by atoms with Gasteiger partial charge in [-0.1, -0.05) is 23.7 Å². The normalized spacial score (nSPS) is 22.6. The maximum absolute atomic E-state index is 13.6. The van der Waals surface area contributed by atoms with Gasteiger partial charge in [-0.05, 0) is 49.2 Å². The van der Waals surface area contributed by atoms with E-state index in [-0.39, 0.29) is 23.8 Å². The first kappa shape index (κ1) is 24.2. The van der Waals surface area contributed by atoms with E-state index in [2.05, 4.69) is 11.8 Å². The summed E-state index contributed by atoms with van der Waals surface area (Å²) >= 11 is 6.52. The van der Waals surface area contributed by atoms with Gasteiger partial charge in [-0.3, -0.25) is 19.3 Å². The van der Waals surface area contributed by atoms with Crippen molar-refractivity contribution in [1.29, 1.82) is 0 Å². The molecule has 2 N–H and O–H groups in total. The first-order valence-electron chi connectivity index (χ1n) is 11.2. The highest BCUT2D eigenvalue weighted by atomic mass is 35.5. The number of fused-ring (bicyclic) bond motifs is 1. The average Bonchev–Trinajstić information content (AvgIpc) is 3.11. The van der Waals surface area contributed by atoms with Crippen LogP contribution in [0.5, 0.6) is 0 Å². The zero-order valence-electron chi connectivity index (χ0n) is 19.4. The second-order valence-electron chi connectivity index (χ2n) is 9.26. The molecule has 0 saturated carbocycles. The lowest BCUT2D eigenvalue weighted by Crippen LogP contribution is -2.57. The summed E-state index contributed by atoms with van der Waals surface area (Å²) in [6.07, 6.45) is 0. The Morgan fingerprint density at radius 1 is 1.06 bits per heavy atom. The van der Waals surface area contributed by atoms with E-state index in [9.17, 15) is 18.8 Å². The van der Waals surface area contributed by atoms with E-state index in [1.165, 1.54) is 12.1 Å². The zero-order chi connectivity index (χ0) is 24.7. The second-order valence-corrected chi connectivity index (χ2v) is 9.67. The number of carbonyl (C=O) groups is 3. The fraction of sp³-hybridized carbons (Fsp3) is 0.400. The van der Waals surface area contributed by atoms with Crippen LogP contribution in [0.4, 0.5) is 10.1 Å². The van der Waals surface area contributed by atoms with E-state index in [1.54, 1.807) is 36.2 Å². The Hall–Kier alpha value is -2.97. The van der Waals surface area contributed by atoms with Gasteiger partial charge in [0.1, 0.15) is 5.82 Å². The predicted molar refractivity (Wildman–Crippen MR) is 128 cm³/mol. The number of Topliss-reactive ketones (excluding diaryl/α,β-unsaturated/α-hetero) is 1. The number of hydrogen-bond acceptors (Lipinski definition) is 5. The number of rotatable bonds is 5. The zero-order valence-corrected chi connectivity index (χ0v) is 20.2. The first-order valence-corrected chi connectivity index (χ1v) is 11.6. The highest BCUT2D eigenvalue weighted by Crippen LogP contribution is 2.40. The van der Waals surface area contributed by atoms with Crippen LogP contribution >= 0.6 is 11.6 Å². The molecule has 180 valence electrons. The van der Waals surface area contributed by atoms with Crippen LogP contribution in [0.15, 0.2) is 36.4 Å². The first-order chi connectivity index (χ1) is 16.1. The molecule has 34 heavy (non-hydrogen) atoms. The van der Waals surface area contributed by atoms with Crippen LogP contribution in [0.25, 0.3) is 0 Å². The number of ketones is 1. The summed E-state index contributed by atoms with van der Waals surface area (Å²) in [4.78, 5) is 43.3. The minimum Gasteiger partial charge on any atom is -0.373 e. The molecule has 4 rings (SSSR count). The Bertz CT molecular complexity index is 1140. The lowest BCUT2D eigenvalue weighted by molar-refractivity contribution is -0.136. The number of primary amides is 1. The number of piperazine rings is 1. The monoisotopic (exact) mass is 486 g/mol. The van der Waals surface area contributed by atoms with E-state index in [1.807, 2.05) is 11.8 Å². The van der Waals surface area contributed by atoms with Gasteiger partial charge < -0.3 is 15.5 Å². The van der Waals surface area contributed by atoms with E-state index in [4.69, 9.17) is 17.3 Å². The molecule has 0 bridgehead atoms. The maximum Gasteiger partial charge on any atom is 0.285 e. The number of nitrogens with two attached hydrogens (primary N) is 1. The Labute approximate surface area is 203 Å². The number of carbonyl (C=O) groups excluding carboxylic acids is 3. The van der Waals surface area contributed by atoms with Crippen molar-refractivity contribution in [2.75, 3.05) is 31.6 Å². The summed E-state index contributed by atoms with van der Waals surface area (Å²) in [7, 11) is 1.80. The lowest BCUT2D eigenvalue weighted by atomic mass is 9.94. The van der Waals surface area contributed by atoms with Crippen LogP contribution in [0.2, 0.25) is 5.02 Å². The van der Waals surface area contributed by atoms with Crippen molar-refractivity contribution in [3.8, 4) is 0 Å². The number of nitrogens with zero attached hydrogens (tertiary/aromatic N) is 3. The summed E-state index contributed by atoms with van der Waals surface area (Å²) in [5, 5.41) is 0.302. The molecule has 0 spiro atoms. The van der Waals surface area contributed by atoms with E-state index in [0.717, 1.165) is 5.56 Å². The van der Waals surface area contributed by atoms with Crippen molar-refractivity contribution < 1.29 is 18.8 Å². The summed E-state index contributed by atoms with van der Waals surface area (Å²) < 4.78 is 13.2. The van der Waals surface area contributed by atoms with Crippen molar-refractivity contribution in [3.05, 3.63) is 63.9 Å². The highest BCUT2D eigenvalue weighted by Gasteiger charge is 2.38. The fourth-order valence-corrected chi connectivity index (χ4v) is 5.14. The summed E-state index contributed by atoms with van der Waals surface area (Å²) in [6.45, 7) is 6.15. The molecule has 0 aromatic heterocycles. The Kier molecular flexibility index (Phi) is 6.64. The van der Waals surface area contributed by atoms with Crippen LogP contribution < -0.4 is 10.6 Å². The lowest BCUT2D eigenvalue weighted by Gasteiger charge is -2.44. The Balaban J connectivity index is 1.55. The predicted octanol–water partition coefficient (Wildman–Crippen LogP) is 2.80. The van der Waals surface area contributed by atoms with Gasteiger partial charge in [-0.15, -0.1) is 0 Å². The third-order valence-corrected chi connectivity index (χ3v) is 7.14. The number of amides is 2. The smallest absolute Gasteiger partial charge is 0.285 e. The van der Waals surface area contributed by atoms with Crippen molar-refractivity contribution in [2.45, 2.75) is 38.4 Å². The van der Waals surface area contributed by atoms with Gasteiger partial charge in [0.25, 0.3) is 11.8 Å². The van der Waals surface area contributed by atoms with Gasteiger partial charge in [0.2, 0.25) is 5.78 Å². The Morgan fingerprint density at radius 3 is 2.38 bits per heavy atom. The van der Waals surface area contributed by atoms with Crippen molar-refractivity contribution >= 4 is 34.9 Å². The minimum atomic E-state index is -0.992. The van der Waals surface area contributed by atoms with Crippen molar-refractivity contribution in [2.24, 2.45) is 5.73 Å². The SMILES string of the molecule is C[C@@H]1CN(Cc2ccc(F)cc2)[C@@H](C)CN1C(=O)c1cc2c(cc1Cl)N(C)CC2C(=O)C(N)=O. The molecular weight excluding hydrogens is 459 g/mol. The molecule has 2 heterocycles. The minimum absolute atomic E-state index is 0.0775. The molecule has 2 aromatic carbocycles.